The maximum atomic E-state index is 9.29. The Balaban J connectivity index is 4.01. The van der Waals surface area contributed by atoms with Gasteiger partial charge in [0.1, 0.15) is 5.60 Å². The van der Waals surface area contributed by atoms with Crippen molar-refractivity contribution >= 4 is 0 Å². The summed E-state index contributed by atoms with van der Waals surface area (Å²) in [5, 5.41) is 9.29. The minimum Gasteiger partial charge on any atom is -0.393 e. The van der Waals surface area contributed by atoms with E-state index in [-0.39, 0.29) is 11.7 Å². The summed E-state index contributed by atoms with van der Waals surface area (Å²) in [6.45, 7) is 11.7. The van der Waals surface area contributed by atoms with E-state index < -0.39 is 5.60 Å². The molecule has 1 N–H and O–H groups in total. The molecule has 15 heavy (non-hydrogen) atoms. The second kappa shape index (κ2) is 5.83. The van der Waals surface area contributed by atoms with Gasteiger partial charge in [-0.2, -0.15) is 0 Å². The fourth-order valence-corrected chi connectivity index (χ4v) is 1.61. The van der Waals surface area contributed by atoms with Crippen molar-refractivity contribution in [1.29, 1.82) is 0 Å². The zero-order valence-electron chi connectivity index (χ0n) is 11.0. The van der Waals surface area contributed by atoms with Crippen LogP contribution in [0.4, 0.5) is 0 Å². The minimum absolute atomic E-state index is 0.259. The van der Waals surface area contributed by atoms with Crippen molar-refractivity contribution in [3.05, 3.63) is 0 Å². The van der Waals surface area contributed by atoms with Crippen molar-refractivity contribution in [3.63, 3.8) is 0 Å². The summed E-state index contributed by atoms with van der Waals surface area (Å²) in [7, 11) is 0. The first-order chi connectivity index (χ1) is 6.68. The molecule has 0 aliphatic rings. The van der Waals surface area contributed by atoms with Gasteiger partial charge in [0.2, 0.25) is 0 Å². The molecule has 0 heterocycles. The van der Waals surface area contributed by atoms with Crippen LogP contribution >= 0.6 is 0 Å². The zero-order valence-corrected chi connectivity index (χ0v) is 11.0. The third kappa shape index (κ3) is 7.77. The Hall–Kier alpha value is -0.120. The maximum Gasteiger partial charge on any atom is 0.100 e. The lowest BCUT2D eigenvalue weighted by molar-refractivity contribution is -0.404. The van der Waals surface area contributed by atoms with E-state index in [1.165, 1.54) is 0 Å². The van der Waals surface area contributed by atoms with Gasteiger partial charge >= 0.3 is 0 Å². The van der Waals surface area contributed by atoms with Crippen LogP contribution in [0.5, 0.6) is 0 Å². The van der Waals surface area contributed by atoms with E-state index >= 15 is 0 Å². The maximum absolute atomic E-state index is 9.29. The van der Waals surface area contributed by atoms with E-state index in [2.05, 4.69) is 6.92 Å². The quantitative estimate of drug-likeness (QED) is 0.527. The molecule has 0 radical (unpaired) electrons. The molecule has 0 aliphatic carbocycles. The van der Waals surface area contributed by atoms with Crippen LogP contribution in [0.25, 0.3) is 0 Å². The predicted molar refractivity (Wildman–Crippen MR) is 61.5 cm³/mol. The van der Waals surface area contributed by atoms with E-state index in [4.69, 9.17) is 9.78 Å². The van der Waals surface area contributed by atoms with Gasteiger partial charge in [0.15, 0.2) is 0 Å². The zero-order chi connectivity index (χ0) is 12.1. The second-order valence-corrected chi connectivity index (χ2v) is 5.49. The SMILES string of the molecule is CCCC(C)(C)OOC(C)(C)CC(C)O. The molecular weight excluding hydrogens is 192 g/mol. The molecule has 0 spiro atoms. The first kappa shape index (κ1) is 14.9. The molecule has 92 valence electrons. The van der Waals surface area contributed by atoms with Crippen molar-refractivity contribution in [3.8, 4) is 0 Å². The lowest BCUT2D eigenvalue weighted by atomic mass is 10.0. The van der Waals surface area contributed by atoms with Crippen LogP contribution in [0.1, 0.15) is 60.8 Å². The van der Waals surface area contributed by atoms with Gasteiger partial charge < -0.3 is 5.11 Å². The Morgan fingerprint density at radius 3 is 1.93 bits per heavy atom. The van der Waals surface area contributed by atoms with Gasteiger partial charge in [0.25, 0.3) is 0 Å². The van der Waals surface area contributed by atoms with Crippen molar-refractivity contribution < 1.29 is 14.9 Å². The molecule has 0 fully saturated rings. The highest BCUT2D eigenvalue weighted by molar-refractivity contribution is 4.71. The molecule has 1 atom stereocenters. The van der Waals surface area contributed by atoms with Gasteiger partial charge in [-0.25, -0.2) is 9.78 Å². The normalized spacial score (nSPS) is 15.4. The molecular formula is C12H26O3. The van der Waals surface area contributed by atoms with E-state index in [1.54, 1.807) is 6.92 Å². The summed E-state index contributed by atoms with van der Waals surface area (Å²) >= 11 is 0. The van der Waals surface area contributed by atoms with Gasteiger partial charge in [-0.1, -0.05) is 13.3 Å². The van der Waals surface area contributed by atoms with Crippen LogP contribution in [-0.2, 0) is 9.78 Å². The van der Waals surface area contributed by atoms with Gasteiger partial charge in [0, 0.05) is 6.42 Å². The standard InChI is InChI=1S/C12H26O3/c1-7-8-11(3,4)14-15-12(5,6)9-10(2)13/h10,13H,7-9H2,1-6H3. The minimum atomic E-state index is -0.445. The van der Waals surface area contributed by atoms with Gasteiger partial charge in [0.05, 0.1) is 11.7 Å². The topological polar surface area (TPSA) is 38.7 Å². The monoisotopic (exact) mass is 218 g/mol. The lowest BCUT2D eigenvalue weighted by Gasteiger charge is -2.31. The van der Waals surface area contributed by atoms with Gasteiger partial charge in [-0.15, -0.1) is 0 Å². The summed E-state index contributed by atoms with van der Waals surface area (Å²) in [6.07, 6.45) is 2.21. The van der Waals surface area contributed by atoms with E-state index in [1.807, 2.05) is 27.7 Å². The lowest BCUT2D eigenvalue weighted by Crippen LogP contribution is -2.34. The number of hydrogen-bond donors (Lipinski definition) is 1. The first-order valence-corrected chi connectivity index (χ1v) is 5.73. The highest BCUT2D eigenvalue weighted by Gasteiger charge is 2.27. The molecule has 3 heteroatoms. The molecule has 0 rings (SSSR count). The molecule has 0 saturated heterocycles. The fourth-order valence-electron chi connectivity index (χ4n) is 1.61. The van der Waals surface area contributed by atoms with Crippen LogP contribution in [0, 0.1) is 0 Å². The molecule has 0 saturated carbocycles. The van der Waals surface area contributed by atoms with Gasteiger partial charge in [-0.3, -0.25) is 0 Å². The molecule has 1 unspecified atom stereocenters. The van der Waals surface area contributed by atoms with Crippen LogP contribution in [0.15, 0.2) is 0 Å². The molecule has 0 aromatic rings. The Bertz CT molecular complexity index is 174. The van der Waals surface area contributed by atoms with Crippen LogP contribution < -0.4 is 0 Å². The highest BCUT2D eigenvalue weighted by Crippen LogP contribution is 2.23. The number of aliphatic hydroxyl groups excluding tert-OH is 1. The summed E-state index contributed by atoms with van der Waals surface area (Å²) in [4.78, 5) is 10.8. The molecule has 3 nitrogen and oxygen atoms in total. The summed E-state index contributed by atoms with van der Waals surface area (Å²) < 4.78 is 0. The van der Waals surface area contributed by atoms with Crippen LogP contribution in [0.2, 0.25) is 0 Å². The van der Waals surface area contributed by atoms with Crippen molar-refractivity contribution in [1.82, 2.24) is 0 Å². The Morgan fingerprint density at radius 1 is 1.07 bits per heavy atom. The highest BCUT2D eigenvalue weighted by atomic mass is 17.2. The third-order valence-corrected chi connectivity index (χ3v) is 2.13. The van der Waals surface area contributed by atoms with Gasteiger partial charge in [-0.05, 0) is 41.0 Å². The Morgan fingerprint density at radius 2 is 1.53 bits per heavy atom. The number of hydrogen-bond acceptors (Lipinski definition) is 3. The summed E-state index contributed by atoms with van der Waals surface area (Å²) in [6, 6.07) is 0. The van der Waals surface area contributed by atoms with Crippen molar-refractivity contribution in [2.75, 3.05) is 0 Å². The van der Waals surface area contributed by atoms with Crippen LogP contribution in [-0.4, -0.2) is 22.4 Å². The third-order valence-electron chi connectivity index (χ3n) is 2.13. The molecule has 0 bridgehead atoms. The first-order valence-electron chi connectivity index (χ1n) is 5.73. The summed E-state index contributed by atoms with van der Waals surface area (Å²) in [5.41, 5.74) is -0.704. The smallest absolute Gasteiger partial charge is 0.100 e. The Labute approximate surface area is 93.7 Å². The van der Waals surface area contributed by atoms with E-state index in [0.717, 1.165) is 12.8 Å². The molecule has 0 aromatic carbocycles. The second-order valence-electron chi connectivity index (χ2n) is 5.49. The van der Waals surface area contributed by atoms with E-state index in [9.17, 15) is 5.11 Å². The Kier molecular flexibility index (Phi) is 5.78. The average molecular weight is 218 g/mol. The largest absolute Gasteiger partial charge is 0.393 e. The number of rotatable bonds is 7. The van der Waals surface area contributed by atoms with Crippen molar-refractivity contribution in [2.45, 2.75) is 78.1 Å². The number of aliphatic hydroxyl groups is 1. The van der Waals surface area contributed by atoms with E-state index in [0.29, 0.717) is 6.42 Å². The van der Waals surface area contributed by atoms with Crippen LogP contribution in [0.3, 0.4) is 0 Å². The van der Waals surface area contributed by atoms with Crippen molar-refractivity contribution in [2.24, 2.45) is 0 Å². The molecule has 0 amide bonds. The summed E-state index contributed by atoms with van der Waals surface area (Å²) in [5.74, 6) is 0. The molecule has 0 aromatic heterocycles. The fraction of sp³-hybridized carbons (Fsp3) is 1.00. The molecule has 0 aliphatic heterocycles. The average Bonchev–Trinajstić information content (AvgIpc) is 1.99. The predicted octanol–water partition coefficient (Wildman–Crippen LogP) is 3.06.